The molecule has 1 amide bonds. The van der Waals surface area contributed by atoms with Gasteiger partial charge in [0.25, 0.3) is 11.7 Å². The number of furan rings is 1. The van der Waals surface area contributed by atoms with Gasteiger partial charge in [0.1, 0.15) is 34.9 Å². The summed E-state index contributed by atoms with van der Waals surface area (Å²) in [5.41, 5.74) is -0.486. The first-order valence-electron chi connectivity index (χ1n) is 9.45. The van der Waals surface area contributed by atoms with Crippen LogP contribution in [0, 0.1) is 11.6 Å². The Kier molecular flexibility index (Phi) is 5.29. The average Bonchev–Trinajstić information content (AvgIpc) is 3.37. The third kappa shape index (κ3) is 3.56. The molecule has 1 aliphatic heterocycles. The van der Waals surface area contributed by atoms with E-state index in [-0.39, 0.29) is 16.9 Å². The van der Waals surface area contributed by atoms with E-state index < -0.39 is 40.8 Å². The third-order valence-electron chi connectivity index (χ3n) is 4.86. The highest BCUT2D eigenvalue weighted by Crippen LogP contribution is 2.43. The van der Waals surface area contributed by atoms with E-state index in [4.69, 9.17) is 9.15 Å². The van der Waals surface area contributed by atoms with Crippen molar-refractivity contribution in [3.63, 3.8) is 0 Å². The summed E-state index contributed by atoms with van der Waals surface area (Å²) >= 11 is 0. The predicted molar refractivity (Wildman–Crippen MR) is 107 cm³/mol. The number of aliphatic hydroxyl groups is 1. The minimum atomic E-state index is -1.28. The van der Waals surface area contributed by atoms with Crippen LogP contribution < -0.4 is 9.64 Å². The number of benzene rings is 2. The highest BCUT2D eigenvalue weighted by molar-refractivity contribution is 6.51. The molecule has 1 fully saturated rings. The Balaban J connectivity index is 1.89. The Hall–Kier alpha value is -3.94. The van der Waals surface area contributed by atoms with Gasteiger partial charge in [-0.25, -0.2) is 8.78 Å². The van der Waals surface area contributed by atoms with Gasteiger partial charge < -0.3 is 14.3 Å². The summed E-state index contributed by atoms with van der Waals surface area (Å²) in [5.74, 6) is -3.65. The molecule has 2 aromatic carbocycles. The molecule has 0 spiro atoms. The Morgan fingerprint density at radius 2 is 1.87 bits per heavy atom. The number of rotatable bonds is 5. The number of ether oxygens (including phenoxy) is 1. The number of hydrogen-bond donors (Lipinski definition) is 1. The molecule has 6 nitrogen and oxygen atoms in total. The lowest BCUT2D eigenvalue weighted by Crippen LogP contribution is -2.30. The Labute approximate surface area is 176 Å². The lowest BCUT2D eigenvalue weighted by molar-refractivity contribution is -0.132. The number of aliphatic hydroxyl groups excluding tert-OH is 1. The van der Waals surface area contributed by atoms with Gasteiger partial charge in [-0.15, -0.1) is 0 Å². The van der Waals surface area contributed by atoms with Crippen molar-refractivity contribution >= 4 is 23.1 Å². The zero-order valence-corrected chi connectivity index (χ0v) is 16.3. The molecule has 0 saturated carbocycles. The third-order valence-corrected chi connectivity index (χ3v) is 4.86. The van der Waals surface area contributed by atoms with Gasteiger partial charge in [-0.2, -0.15) is 0 Å². The molecular weight excluding hydrogens is 408 g/mol. The summed E-state index contributed by atoms with van der Waals surface area (Å²) in [6.07, 6.45) is 1.31. The molecule has 1 N–H and O–H groups in total. The Bertz CT molecular complexity index is 1170. The van der Waals surface area contributed by atoms with Crippen LogP contribution in [0.3, 0.4) is 0 Å². The first kappa shape index (κ1) is 20.3. The molecule has 158 valence electrons. The van der Waals surface area contributed by atoms with Crippen LogP contribution in [-0.4, -0.2) is 23.4 Å². The van der Waals surface area contributed by atoms with Gasteiger partial charge in [0.2, 0.25) is 0 Å². The van der Waals surface area contributed by atoms with Gasteiger partial charge in [0.15, 0.2) is 0 Å². The minimum Gasteiger partial charge on any atom is -0.507 e. The second-order valence-electron chi connectivity index (χ2n) is 6.74. The van der Waals surface area contributed by atoms with Crippen molar-refractivity contribution in [3.05, 3.63) is 89.4 Å². The van der Waals surface area contributed by atoms with Gasteiger partial charge in [-0.3, -0.25) is 14.5 Å². The summed E-state index contributed by atoms with van der Waals surface area (Å²) in [7, 11) is 0. The molecule has 0 radical (unpaired) electrons. The molecule has 31 heavy (non-hydrogen) atoms. The fourth-order valence-electron chi connectivity index (χ4n) is 3.50. The molecule has 4 rings (SSSR count). The van der Waals surface area contributed by atoms with Gasteiger partial charge >= 0.3 is 0 Å². The lowest BCUT2D eigenvalue weighted by Gasteiger charge is -2.23. The van der Waals surface area contributed by atoms with Gasteiger partial charge in [0, 0.05) is 11.6 Å². The van der Waals surface area contributed by atoms with E-state index in [0.717, 1.165) is 23.1 Å². The lowest BCUT2D eigenvalue weighted by atomic mass is 9.99. The van der Waals surface area contributed by atoms with Crippen molar-refractivity contribution in [2.45, 2.75) is 13.0 Å². The van der Waals surface area contributed by atoms with Crippen molar-refractivity contribution in [1.82, 2.24) is 0 Å². The van der Waals surface area contributed by atoms with Crippen molar-refractivity contribution in [3.8, 4) is 5.75 Å². The van der Waals surface area contributed by atoms with Crippen LogP contribution in [0.5, 0.6) is 5.75 Å². The molecule has 1 unspecified atom stereocenters. The molecular formula is C23H17F2NO5. The Morgan fingerprint density at radius 3 is 2.52 bits per heavy atom. The monoisotopic (exact) mass is 425 g/mol. The Morgan fingerprint density at radius 1 is 1.13 bits per heavy atom. The predicted octanol–water partition coefficient (Wildman–Crippen LogP) is 4.58. The van der Waals surface area contributed by atoms with Crippen molar-refractivity contribution in [2.24, 2.45) is 0 Å². The number of hydrogen-bond acceptors (Lipinski definition) is 5. The SMILES string of the molecule is CCOc1ccc(/C(O)=C2/C(=O)C(=O)N(c3cc(F)ccc3F)C2c2ccco2)cc1. The number of Topliss-reactive ketones (excluding diaryl/α,β-unsaturated/α-hetero) is 1. The van der Waals surface area contributed by atoms with Crippen LogP contribution in [0.4, 0.5) is 14.5 Å². The molecule has 0 bridgehead atoms. The highest BCUT2D eigenvalue weighted by Gasteiger charge is 2.49. The quantitative estimate of drug-likeness (QED) is 0.368. The van der Waals surface area contributed by atoms with Crippen LogP contribution in [0.15, 0.2) is 70.9 Å². The van der Waals surface area contributed by atoms with Crippen LogP contribution in [0.25, 0.3) is 5.76 Å². The standard InChI is InChI=1S/C23H17F2NO5/c1-2-30-15-8-5-13(6-9-15)21(27)19-20(18-4-3-11-31-18)26(23(29)22(19)28)17-12-14(24)7-10-16(17)25/h3-12,20,27H,2H2,1H3/b21-19-. The largest absolute Gasteiger partial charge is 0.507 e. The van der Waals surface area contributed by atoms with Crippen LogP contribution in [0.1, 0.15) is 24.3 Å². The molecule has 2 heterocycles. The summed E-state index contributed by atoms with van der Waals surface area (Å²) in [5, 5.41) is 10.9. The first-order chi connectivity index (χ1) is 14.9. The topological polar surface area (TPSA) is 80.0 Å². The summed E-state index contributed by atoms with van der Waals surface area (Å²) in [4.78, 5) is 26.5. The number of amides is 1. The maximum atomic E-state index is 14.5. The summed E-state index contributed by atoms with van der Waals surface area (Å²) in [6, 6.07) is 10.5. The second-order valence-corrected chi connectivity index (χ2v) is 6.74. The van der Waals surface area contributed by atoms with Crippen molar-refractivity contribution < 1.29 is 32.6 Å². The van der Waals surface area contributed by atoms with E-state index in [0.29, 0.717) is 12.4 Å². The van der Waals surface area contributed by atoms with Gasteiger partial charge in [0.05, 0.1) is 24.1 Å². The van der Waals surface area contributed by atoms with E-state index in [2.05, 4.69) is 0 Å². The molecule has 1 aromatic heterocycles. The number of anilines is 1. The van der Waals surface area contributed by atoms with Gasteiger partial charge in [-0.1, -0.05) is 0 Å². The number of nitrogens with zero attached hydrogens (tertiary/aromatic N) is 1. The molecule has 1 saturated heterocycles. The first-order valence-corrected chi connectivity index (χ1v) is 9.45. The van der Waals surface area contributed by atoms with E-state index in [1.54, 1.807) is 12.1 Å². The maximum absolute atomic E-state index is 14.5. The number of halogens is 2. The fourth-order valence-corrected chi connectivity index (χ4v) is 3.50. The van der Waals surface area contributed by atoms with Crippen molar-refractivity contribution in [2.75, 3.05) is 11.5 Å². The number of ketones is 1. The average molecular weight is 425 g/mol. The maximum Gasteiger partial charge on any atom is 0.300 e. The van der Waals surface area contributed by atoms with E-state index in [1.165, 1.54) is 30.5 Å². The fraction of sp³-hybridized carbons (Fsp3) is 0.130. The zero-order valence-electron chi connectivity index (χ0n) is 16.3. The second kappa shape index (κ2) is 8.06. The van der Waals surface area contributed by atoms with Crippen LogP contribution in [0.2, 0.25) is 0 Å². The molecule has 3 aromatic rings. The zero-order chi connectivity index (χ0) is 22.1. The number of carbonyl (C=O) groups excluding carboxylic acids is 2. The van der Waals surface area contributed by atoms with E-state index in [1.807, 2.05) is 6.92 Å². The smallest absolute Gasteiger partial charge is 0.300 e. The normalized spacial score (nSPS) is 17.9. The molecule has 8 heteroatoms. The summed E-state index contributed by atoms with van der Waals surface area (Å²) in [6.45, 7) is 2.28. The molecule has 1 atom stereocenters. The minimum absolute atomic E-state index is 0.107. The molecule has 1 aliphatic rings. The molecule has 0 aliphatic carbocycles. The van der Waals surface area contributed by atoms with Crippen molar-refractivity contribution in [1.29, 1.82) is 0 Å². The highest BCUT2D eigenvalue weighted by atomic mass is 19.1. The van der Waals surface area contributed by atoms with E-state index >= 15 is 0 Å². The number of carbonyl (C=O) groups is 2. The summed E-state index contributed by atoms with van der Waals surface area (Å²) < 4.78 is 39.1. The van der Waals surface area contributed by atoms with Crippen LogP contribution in [-0.2, 0) is 9.59 Å². The van der Waals surface area contributed by atoms with E-state index in [9.17, 15) is 23.5 Å². The van der Waals surface area contributed by atoms with Gasteiger partial charge in [-0.05, 0) is 55.5 Å². The van der Waals surface area contributed by atoms with Crippen LogP contribution >= 0.6 is 0 Å².